The molecule has 144 valence electrons. The van der Waals surface area contributed by atoms with Crippen LogP contribution in [0.5, 0.6) is 0 Å². The van der Waals surface area contributed by atoms with Crippen molar-refractivity contribution in [2.75, 3.05) is 45.8 Å². The van der Waals surface area contributed by atoms with Crippen LogP contribution in [0.25, 0.3) is 0 Å². The number of nitrogens with zero attached hydrogens (tertiary/aromatic N) is 3. The van der Waals surface area contributed by atoms with Crippen molar-refractivity contribution in [1.29, 1.82) is 0 Å². The first-order valence-electron chi connectivity index (χ1n) is 10.9. The van der Waals surface area contributed by atoms with Gasteiger partial charge in [-0.05, 0) is 58.4 Å². The summed E-state index contributed by atoms with van der Waals surface area (Å²) in [5.74, 6) is 1.66. The smallest absolute Gasteiger partial charge is 0.225 e. The molecule has 2 heterocycles. The van der Waals surface area contributed by atoms with Gasteiger partial charge in [0.1, 0.15) is 0 Å². The van der Waals surface area contributed by atoms with Gasteiger partial charge in [0.25, 0.3) is 0 Å². The van der Waals surface area contributed by atoms with Crippen LogP contribution in [0.3, 0.4) is 0 Å². The second-order valence-corrected chi connectivity index (χ2v) is 8.86. The van der Waals surface area contributed by atoms with Crippen molar-refractivity contribution in [2.24, 2.45) is 11.8 Å². The van der Waals surface area contributed by atoms with Crippen LogP contribution < -0.4 is 0 Å². The van der Waals surface area contributed by atoms with E-state index in [0.29, 0.717) is 17.9 Å². The lowest BCUT2D eigenvalue weighted by Gasteiger charge is -2.38. The first-order chi connectivity index (χ1) is 12.1. The molecule has 2 aliphatic heterocycles. The van der Waals surface area contributed by atoms with Gasteiger partial charge in [-0.2, -0.15) is 0 Å². The van der Waals surface area contributed by atoms with Gasteiger partial charge in [-0.1, -0.05) is 19.3 Å². The molecule has 4 nitrogen and oxygen atoms in total. The Labute approximate surface area is 154 Å². The molecule has 1 saturated carbocycles. The molecule has 0 radical (unpaired) electrons. The Bertz CT molecular complexity index is 403. The molecule has 2 saturated heterocycles. The molecule has 3 fully saturated rings. The van der Waals surface area contributed by atoms with Crippen molar-refractivity contribution in [1.82, 2.24) is 14.7 Å². The van der Waals surface area contributed by atoms with Gasteiger partial charge in [0, 0.05) is 51.2 Å². The molecule has 0 atom stereocenters. The molecular formula is C21H39N3O. The SMILES string of the molecule is CC(C)N1CCN(CCC2CCN(C(=O)C3CCCCC3)CC2)CC1. The number of amides is 1. The van der Waals surface area contributed by atoms with Crippen molar-refractivity contribution in [3.05, 3.63) is 0 Å². The first-order valence-corrected chi connectivity index (χ1v) is 10.9. The minimum atomic E-state index is 0.350. The number of carbonyl (C=O) groups excluding carboxylic acids is 1. The van der Waals surface area contributed by atoms with E-state index in [1.165, 1.54) is 71.2 Å². The molecule has 1 aliphatic carbocycles. The summed E-state index contributed by atoms with van der Waals surface area (Å²) in [5.41, 5.74) is 0. The minimum Gasteiger partial charge on any atom is -0.342 e. The van der Waals surface area contributed by atoms with Gasteiger partial charge in [0.05, 0.1) is 0 Å². The molecule has 0 aromatic carbocycles. The van der Waals surface area contributed by atoms with Crippen molar-refractivity contribution < 1.29 is 4.79 Å². The van der Waals surface area contributed by atoms with Crippen LogP contribution in [0.4, 0.5) is 0 Å². The maximum absolute atomic E-state index is 12.7. The topological polar surface area (TPSA) is 26.8 Å². The van der Waals surface area contributed by atoms with E-state index in [0.717, 1.165) is 31.8 Å². The van der Waals surface area contributed by atoms with Gasteiger partial charge < -0.3 is 9.80 Å². The van der Waals surface area contributed by atoms with E-state index in [-0.39, 0.29) is 0 Å². The summed E-state index contributed by atoms with van der Waals surface area (Å²) in [6.07, 6.45) is 9.91. The zero-order valence-electron chi connectivity index (χ0n) is 16.6. The van der Waals surface area contributed by atoms with E-state index >= 15 is 0 Å². The number of carbonyl (C=O) groups is 1. The molecule has 0 aromatic rings. The number of hydrogen-bond donors (Lipinski definition) is 0. The summed E-state index contributed by atoms with van der Waals surface area (Å²) in [7, 11) is 0. The molecule has 0 spiro atoms. The fraction of sp³-hybridized carbons (Fsp3) is 0.952. The minimum absolute atomic E-state index is 0.350. The summed E-state index contributed by atoms with van der Waals surface area (Å²) in [6, 6.07) is 0.688. The molecule has 1 amide bonds. The molecule has 0 aromatic heterocycles. The van der Waals surface area contributed by atoms with Crippen LogP contribution in [0.1, 0.15) is 65.2 Å². The number of rotatable bonds is 5. The van der Waals surface area contributed by atoms with E-state index in [2.05, 4.69) is 28.5 Å². The zero-order valence-corrected chi connectivity index (χ0v) is 16.6. The molecule has 3 rings (SSSR count). The van der Waals surface area contributed by atoms with E-state index in [9.17, 15) is 4.79 Å². The Balaban J connectivity index is 1.32. The van der Waals surface area contributed by atoms with Crippen molar-refractivity contribution in [3.8, 4) is 0 Å². The summed E-state index contributed by atoms with van der Waals surface area (Å²) in [5, 5.41) is 0. The van der Waals surface area contributed by atoms with Crippen LogP contribution in [0, 0.1) is 11.8 Å². The Morgan fingerprint density at radius 1 is 0.880 bits per heavy atom. The third kappa shape index (κ3) is 5.43. The average Bonchev–Trinajstić information content (AvgIpc) is 2.67. The third-order valence-electron chi connectivity index (χ3n) is 6.87. The second kappa shape index (κ2) is 9.36. The maximum atomic E-state index is 12.7. The standard InChI is InChI=1S/C21H39N3O/c1-18(2)23-16-14-22(15-17-23)11-8-19-9-12-24(13-10-19)21(25)20-6-4-3-5-7-20/h18-20H,3-17H2,1-2H3. The molecule has 3 aliphatic rings. The van der Waals surface area contributed by atoms with E-state index in [1.807, 2.05) is 0 Å². The highest BCUT2D eigenvalue weighted by molar-refractivity contribution is 5.79. The zero-order chi connectivity index (χ0) is 17.6. The van der Waals surface area contributed by atoms with Crippen molar-refractivity contribution in [3.63, 3.8) is 0 Å². The number of piperazine rings is 1. The van der Waals surface area contributed by atoms with Crippen molar-refractivity contribution >= 4 is 5.91 Å². The Hall–Kier alpha value is -0.610. The van der Waals surface area contributed by atoms with Gasteiger partial charge >= 0.3 is 0 Å². The Morgan fingerprint density at radius 2 is 1.52 bits per heavy atom. The lowest BCUT2D eigenvalue weighted by Crippen LogP contribution is -2.49. The fourth-order valence-electron chi connectivity index (χ4n) is 4.92. The average molecular weight is 350 g/mol. The van der Waals surface area contributed by atoms with Gasteiger partial charge in [0.15, 0.2) is 0 Å². The summed E-state index contributed by atoms with van der Waals surface area (Å²) >= 11 is 0. The van der Waals surface area contributed by atoms with Gasteiger partial charge in [-0.25, -0.2) is 0 Å². The maximum Gasteiger partial charge on any atom is 0.225 e. The van der Waals surface area contributed by atoms with E-state index < -0.39 is 0 Å². The predicted molar refractivity (Wildman–Crippen MR) is 104 cm³/mol. The van der Waals surface area contributed by atoms with Crippen molar-refractivity contribution in [2.45, 2.75) is 71.3 Å². The lowest BCUT2D eigenvalue weighted by atomic mass is 9.87. The monoisotopic (exact) mass is 349 g/mol. The first kappa shape index (κ1) is 19.2. The normalized spacial score (nSPS) is 25.6. The highest BCUT2D eigenvalue weighted by Gasteiger charge is 2.29. The molecule has 0 unspecified atom stereocenters. The molecule has 0 N–H and O–H groups in total. The van der Waals surface area contributed by atoms with Crippen LogP contribution in [-0.2, 0) is 4.79 Å². The highest BCUT2D eigenvalue weighted by Crippen LogP contribution is 2.28. The van der Waals surface area contributed by atoms with E-state index in [4.69, 9.17) is 0 Å². The fourth-order valence-corrected chi connectivity index (χ4v) is 4.92. The molecule has 4 heteroatoms. The Kier molecular flexibility index (Phi) is 7.18. The molecular weight excluding hydrogens is 310 g/mol. The molecule has 0 bridgehead atoms. The summed E-state index contributed by atoms with van der Waals surface area (Å²) in [4.78, 5) is 20.1. The number of hydrogen-bond acceptors (Lipinski definition) is 3. The van der Waals surface area contributed by atoms with Crippen LogP contribution >= 0.6 is 0 Å². The number of likely N-dealkylation sites (tertiary alicyclic amines) is 1. The van der Waals surface area contributed by atoms with Crippen LogP contribution in [0.15, 0.2) is 0 Å². The van der Waals surface area contributed by atoms with Gasteiger partial charge in [-0.3, -0.25) is 9.69 Å². The highest BCUT2D eigenvalue weighted by atomic mass is 16.2. The molecule has 25 heavy (non-hydrogen) atoms. The third-order valence-corrected chi connectivity index (χ3v) is 6.87. The second-order valence-electron chi connectivity index (χ2n) is 8.86. The summed E-state index contributed by atoms with van der Waals surface area (Å²) < 4.78 is 0. The van der Waals surface area contributed by atoms with Crippen LogP contribution in [-0.4, -0.2) is 72.5 Å². The largest absolute Gasteiger partial charge is 0.342 e. The predicted octanol–water partition coefficient (Wildman–Crippen LogP) is 3.22. The van der Waals surface area contributed by atoms with Gasteiger partial charge in [0.2, 0.25) is 5.91 Å². The van der Waals surface area contributed by atoms with Crippen LogP contribution in [0.2, 0.25) is 0 Å². The summed E-state index contributed by atoms with van der Waals surface area (Å²) in [6.45, 7) is 12.8. The van der Waals surface area contributed by atoms with Gasteiger partial charge in [-0.15, -0.1) is 0 Å². The lowest BCUT2D eigenvalue weighted by molar-refractivity contribution is -0.138. The number of piperidine rings is 1. The Morgan fingerprint density at radius 3 is 2.12 bits per heavy atom. The quantitative estimate of drug-likeness (QED) is 0.762. The van der Waals surface area contributed by atoms with E-state index in [1.54, 1.807) is 0 Å².